The number of hydrogen-bond donors (Lipinski definition) is 1. The molecule has 0 spiro atoms. The lowest BCUT2D eigenvalue weighted by Crippen LogP contribution is -2.27. The number of nitrogens with zero attached hydrogens (tertiary/aromatic N) is 1. The molecule has 0 radical (unpaired) electrons. The van der Waals surface area contributed by atoms with Gasteiger partial charge in [-0.15, -0.1) is 11.8 Å². The zero-order valence-corrected chi connectivity index (χ0v) is 19.6. The first-order valence-corrected chi connectivity index (χ1v) is 13.1. The van der Waals surface area contributed by atoms with Crippen LogP contribution in [0, 0.1) is 6.92 Å². The number of aryl methyl sites for hydroxylation is 1. The SMILES string of the molecule is Cc1cccc(N2C(=O)CS[C@@H]2c2cccc(NS(=O)(=O)c3ccc4ccccc4c3)c2)c1. The van der Waals surface area contributed by atoms with Gasteiger partial charge < -0.3 is 0 Å². The van der Waals surface area contributed by atoms with E-state index in [4.69, 9.17) is 0 Å². The second-order valence-corrected chi connectivity index (χ2v) is 10.8. The van der Waals surface area contributed by atoms with Crippen molar-refractivity contribution in [1.29, 1.82) is 0 Å². The van der Waals surface area contributed by atoms with Crippen molar-refractivity contribution in [2.75, 3.05) is 15.4 Å². The Bertz CT molecular complexity index is 1470. The molecule has 166 valence electrons. The number of fused-ring (bicyclic) bond motifs is 1. The molecule has 1 atom stereocenters. The van der Waals surface area contributed by atoms with Crippen LogP contribution in [0.25, 0.3) is 10.8 Å². The van der Waals surface area contributed by atoms with Crippen LogP contribution in [0.1, 0.15) is 16.5 Å². The summed E-state index contributed by atoms with van der Waals surface area (Å²) >= 11 is 1.54. The molecular weight excluding hydrogens is 452 g/mol. The van der Waals surface area contributed by atoms with Crippen molar-refractivity contribution < 1.29 is 13.2 Å². The predicted octanol–water partition coefficient (Wildman–Crippen LogP) is 5.73. The van der Waals surface area contributed by atoms with Gasteiger partial charge in [0.1, 0.15) is 5.37 Å². The molecule has 4 aromatic rings. The van der Waals surface area contributed by atoms with Crippen molar-refractivity contribution in [2.45, 2.75) is 17.2 Å². The Hall–Kier alpha value is -3.29. The molecule has 0 unspecified atom stereocenters. The van der Waals surface area contributed by atoms with Crippen LogP contribution in [0.3, 0.4) is 0 Å². The molecule has 1 amide bonds. The van der Waals surface area contributed by atoms with Gasteiger partial charge in [0, 0.05) is 11.4 Å². The zero-order chi connectivity index (χ0) is 23.0. The van der Waals surface area contributed by atoms with Crippen molar-refractivity contribution >= 4 is 49.8 Å². The van der Waals surface area contributed by atoms with Gasteiger partial charge in [0.15, 0.2) is 0 Å². The number of benzene rings is 4. The number of thioether (sulfide) groups is 1. The Morgan fingerprint density at radius 1 is 0.879 bits per heavy atom. The third-order valence-electron chi connectivity index (χ3n) is 5.60. The number of amides is 1. The van der Waals surface area contributed by atoms with Crippen LogP contribution < -0.4 is 9.62 Å². The Morgan fingerprint density at radius 2 is 1.67 bits per heavy atom. The van der Waals surface area contributed by atoms with Gasteiger partial charge in [-0.05, 0) is 65.2 Å². The lowest BCUT2D eigenvalue weighted by molar-refractivity contribution is -0.115. The predicted molar refractivity (Wildman–Crippen MR) is 135 cm³/mol. The summed E-state index contributed by atoms with van der Waals surface area (Å²) in [5, 5.41) is 1.63. The first-order chi connectivity index (χ1) is 15.9. The number of anilines is 2. The van der Waals surface area contributed by atoms with Gasteiger partial charge in [-0.25, -0.2) is 8.42 Å². The highest BCUT2D eigenvalue weighted by Crippen LogP contribution is 2.42. The fourth-order valence-corrected chi connectivity index (χ4v) is 6.28. The molecule has 0 bridgehead atoms. The van der Waals surface area contributed by atoms with Gasteiger partial charge >= 0.3 is 0 Å². The molecule has 4 aromatic carbocycles. The van der Waals surface area contributed by atoms with Crippen LogP contribution in [0.5, 0.6) is 0 Å². The molecule has 0 saturated carbocycles. The second-order valence-electron chi connectivity index (χ2n) is 8.01. The van der Waals surface area contributed by atoms with Gasteiger partial charge in [0.2, 0.25) is 5.91 Å². The molecule has 1 heterocycles. The standard InChI is InChI=1S/C26H22N2O3S2/c1-18-6-4-11-23(14-18)28-25(29)17-32-26(28)21-9-5-10-22(15-21)27-33(30,31)24-13-12-19-7-2-3-8-20(19)16-24/h2-16,26-27H,17H2,1H3/t26-/m1/s1. The zero-order valence-electron chi connectivity index (χ0n) is 17.9. The maximum absolute atomic E-state index is 13.1. The lowest BCUT2D eigenvalue weighted by atomic mass is 10.1. The number of nitrogens with one attached hydrogen (secondary N) is 1. The second kappa shape index (κ2) is 8.57. The van der Waals surface area contributed by atoms with Crippen molar-refractivity contribution in [1.82, 2.24) is 0 Å². The van der Waals surface area contributed by atoms with E-state index in [1.165, 1.54) is 11.8 Å². The fourth-order valence-electron chi connectivity index (χ4n) is 4.03. The lowest BCUT2D eigenvalue weighted by Gasteiger charge is -2.25. The summed E-state index contributed by atoms with van der Waals surface area (Å²) in [6.45, 7) is 1.99. The molecule has 1 aliphatic rings. The minimum atomic E-state index is -3.76. The first-order valence-electron chi connectivity index (χ1n) is 10.5. The molecule has 1 saturated heterocycles. The van der Waals surface area contributed by atoms with E-state index in [-0.39, 0.29) is 16.2 Å². The average molecular weight is 475 g/mol. The fraction of sp³-hybridized carbons (Fsp3) is 0.115. The first kappa shape index (κ1) is 21.6. The van der Waals surface area contributed by atoms with Crippen molar-refractivity contribution in [3.05, 3.63) is 102 Å². The maximum Gasteiger partial charge on any atom is 0.261 e. The quantitative estimate of drug-likeness (QED) is 0.401. The molecule has 0 aliphatic carbocycles. The normalized spacial score (nSPS) is 16.3. The number of carbonyl (C=O) groups is 1. The Balaban J connectivity index is 1.44. The van der Waals surface area contributed by atoms with Crippen molar-refractivity contribution in [3.8, 4) is 0 Å². The molecule has 5 rings (SSSR count). The van der Waals surface area contributed by atoms with Crippen LogP contribution in [0.2, 0.25) is 0 Å². The summed E-state index contributed by atoms with van der Waals surface area (Å²) in [4.78, 5) is 14.7. The largest absolute Gasteiger partial charge is 0.295 e. The summed E-state index contributed by atoms with van der Waals surface area (Å²) in [5.41, 5.74) is 3.25. The molecular formula is C26H22N2O3S2. The minimum absolute atomic E-state index is 0.0396. The van der Waals surface area contributed by atoms with Crippen molar-refractivity contribution in [2.24, 2.45) is 0 Å². The summed E-state index contributed by atoms with van der Waals surface area (Å²) in [7, 11) is -3.76. The van der Waals surface area contributed by atoms with E-state index in [0.29, 0.717) is 11.4 Å². The van der Waals surface area contributed by atoms with Gasteiger partial charge in [-0.1, -0.05) is 54.6 Å². The summed E-state index contributed by atoms with van der Waals surface area (Å²) in [6.07, 6.45) is 0. The number of carbonyl (C=O) groups excluding carboxylic acids is 1. The molecule has 7 heteroatoms. The third-order valence-corrected chi connectivity index (χ3v) is 8.19. The van der Waals surface area contributed by atoms with E-state index in [9.17, 15) is 13.2 Å². The highest BCUT2D eigenvalue weighted by molar-refractivity contribution is 8.00. The molecule has 1 N–H and O–H groups in total. The maximum atomic E-state index is 13.1. The number of rotatable bonds is 5. The summed E-state index contributed by atoms with van der Waals surface area (Å²) < 4.78 is 28.8. The average Bonchev–Trinajstić information content (AvgIpc) is 3.20. The Kier molecular flexibility index (Phi) is 5.60. The highest BCUT2D eigenvalue weighted by atomic mass is 32.2. The van der Waals surface area contributed by atoms with Gasteiger partial charge in [0.05, 0.1) is 10.6 Å². The van der Waals surface area contributed by atoms with Crippen LogP contribution in [0.15, 0.2) is 95.9 Å². The van der Waals surface area contributed by atoms with Crippen LogP contribution >= 0.6 is 11.8 Å². The van der Waals surface area contributed by atoms with Gasteiger partial charge in [-0.3, -0.25) is 14.4 Å². The van der Waals surface area contributed by atoms with Gasteiger partial charge in [-0.2, -0.15) is 0 Å². The summed E-state index contributed by atoms with van der Waals surface area (Å²) in [5.74, 6) is 0.420. The van der Waals surface area contributed by atoms with Crippen LogP contribution in [0.4, 0.5) is 11.4 Å². The molecule has 5 nitrogen and oxygen atoms in total. The number of sulfonamides is 1. The van der Waals surface area contributed by atoms with Crippen LogP contribution in [-0.2, 0) is 14.8 Å². The molecule has 1 fully saturated rings. The third kappa shape index (κ3) is 4.34. The summed E-state index contributed by atoms with van der Waals surface area (Å²) in [6, 6.07) is 27.8. The van der Waals surface area contributed by atoms with E-state index in [0.717, 1.165) is 27.6 Å². The Labute approximate surface area is 197 Å². The monoisotopic (exact) mass is 474 g/mol. The van der Waals surface area contributed by atoms with Crippen LogP contribution in [-0.4, -0.2) is 20.1 Å². The highest BCUT2D eigenvalue weighted by Gasteiger charge is 2.34. The van der Waals surface area contributed by atoms with Gasteiger partial charge in [0.25, 0.3) is 10.0 Å². The molecule has 0 aromatic heterocycles. The van der Waals surface area contributed by atoms with E-state index >= 15 is 0 Å². The smallest absolute Gasteiger partial charge is 0.261 e. The number of hydrogen-bond acceptors (Lipinski definition) is 4. The topological polar surface area (TPSA) is 66.5 Å². The molecule has 1 aliphatic heterocycles. The Morgan fingerprint density at radius 3 is 2.48 bits per heavy atom. The van der Waals surface area contributed by atoms with E-state index in [1.807, 2.05) is 67.6 Å². The van der Waals surface area contributed by atoms with Crippen molar-refractivity contribution in [3.63, 3.8) is 0 Å². The molecule has 33 heavy (non-hydrogen) atoms. The van der Waals surface area contributed by atoms with E-state index < -0.39 is 10.0 Å². The minimum Gasteiger partial charge on any atom is -0.295 e. The van der Waals surface area contributed by atoms with E-state index in [2.05, 4.69) is 4.72 Å². The van der Waals surface area contributed by atoms with E-state index in [1.54, 1.807) is 35.2 Å².